The summed E-state index contributed by atoms with van der Waals surface area (Å²) < 4.78 is 11.9. The molecule has 0 amide bonds. The van der Waals surface area contributed by atoms with E-state index in [9.17, 15) is 0 Å². The SMILES string of the molecule is Cc1cc(N2C=Nc3ccc(NC4=NC(C)(C)CO4)cc3C2N)ccc1Oc1ccc2ccncc2c1. The van der Waals surface area contributed by atoms with Crippen molar-refractivity contribution in [1.82, 2.24) is 4.98 Å². The van der Waals surface area contributed by atoms with Crippen LogP contribution in [0.5, 0.6) is 11.5 Å². The molecule has 0 fully saturated rings. The smallest absolute Gasteiger partial charge is 0.289 e. The molecule has 8 heteroatoms. The molecule has 1 unspecified atom stereocenters. The van der Waals surface area contributed by atoms with E-state index in [4.69, 9.17) is 15.2 Å². The van der Waals surface area contributed by atoms with Gasteiger partial charge in [0.05, 0.1) is 17.6 Å². The number of hydrogen-bond acceptors (Lipinski definition) is 8. The number of aliphatic imine (C=N–C) groups is 2. The number of nitrogens with two attached hydrogens (primary N) is 1. The molecule has 0 saturated carbocycles. The van der Waals surface area contributed by atoms with Gasteiger partial charge >= 0.3 is 0 Å². The molecule has 3 heterocycles. The molecule has 2 aliphatic rings. The monoisotopic (exact) mass is 492 g/mol. The average Bonchev–Trinajstić information content (AvgIpc) is 3.23. The standard InChI is InChI=1S/C29H28N6O2/c1-18-12-22(6-9-26(18)37-23-7-4-19-10-11-31-15-20(19)13-23)35-17-32-25-8-5-21(14-24(25)27(35)30)33-28-34-29(2,3)16-36-28/h4-15,17,27H,16,30H2,1-3H3,(H,33,34). The van der Waals surface area contributed by atoms with E-state index in [2.05, 4.69) is 26.4 Å². The number of nitrogens with zero attached hydrogens (tertiary/aromatic N) is 4. The molecular weight excluding hydrogens is 464 g/mol. The van der Waals surface area contributed by atoms with Crippen LogP contribution in [0.2, 0.25) is 0 Å². The summed E-state index contributed by atoms with van der Waals surface area (Å²) in [6.07, 6.45) is 4.99. The van der Waals surface area contributed by atoms with E-state index in [-0.39, 0.29) is 5.54 Å². The van der Waals surface area contributed by atoms with Crippen molar-refractivity contribution in [2.75, 3.05) is 16.8 Å². The van der Waals surface area contributed by atoms with Gasteiger partial charge in [-0.3, -0.25) is 4.98 Å². The lowest BCUT2D eigenvalue weighted by Crippen LogP contribution is -2.35. The van der Waals surface area contributed by atoms with E-state index in [0.717, 1.165) is 50.5 Å². The first kappa shape index (κ1) is 23.0. The number of benzene rings is 3. The third kappa shape index (κ3) is 4.59. The molecule has 1 atom stereocenters. The molecule has 186 valence electrons. The molecular formula is C29H28N6O2. The summed E-state index contributed by atoms with van der Waals surface area (Å²) in [5.41, 5.74) is 11.0. The van der Waals surface area contributed by atoms with E-state index in [1.165, 1.54) is 0 Å². The molecule has 37 heavy (non-hydrogen) atoms. The van der Waals surface area contributed by atoms with Crippen LogP contribution < -0.4 is 20.7 Å². The first-order valence-corrected chi connectivity index (χ1v) is 12.2. The molecule has 6 rings (SSSR count). The Bertz CT molecular complexity index is 1560. The number of amidine groups is 1. The Morgan fingerprint density at radius 2 is 1.95 bits per heavy atom. The van der Waals surface area contributed by atoms with Crippen LogP contribution in [0, 0.1) is 6.92 Å². The maximum Gasteiger partial charge on any atom is 0.289 e. The van der Waals surface area contributed by atoms with Crippen LogP contribution in [0.4, 0.5) is 17.1 Å². The molecule has 3 aromatic carbocycles. The Morgan fingerprint density at radius 3 is 2.76 bits per heavy atom. The largest absolute Gasteiger partial charge is 0.462 e. The quantitative estimate of drug-likeness (QED) is 0.360. The molecule has 0 saturated heterocycles. The molecule has 0 bridgehead atoms. The molecule has 2 aliphatic heterocycles. The van der Waals surface area contributed by atoms with Crippen molar-refractivity contribution in [1.29, 1.82) is 0 Å². The van der Waals surface area contributed by atoms with Crippen molar-refractivity contribution in [3.05, 3.63) is 84.2 Å². The number of nitrogens with one attached hydrogen (secondary N) is 1. The van der Waals surface area contributed by atoms with Crippen LogP contribution in [-0.2, 0) is 4.74 Å². The van der Waals surface area contributed by atoms with Crippen LogP contribution in [0.15, 0.2) is 83.0 Å². The van der Waals surface area contributed by atoms with Gasteiger partial charge in [-0.1, -0.05) is 6.07 Å². The van der Waals surface area contributed by atoms with E-state index < -0.39 is 6.17 Å². The summed E-state index contributed by atoms with van der Waals surface area (Å²) in [5, 5.41) is 5.41. The lowest BCUT2D eigenvalue weighted by molar-refractivity contribution is 0.278. The molecule has 8 nitrogen and oxygen atoms in total. The van der Waals surface area contributed by atoms with Crippen LogP contribution >= 0.6 is 0 Å². The molecule has 0 radical (unpaired) electrons. The Morgan fingerprint density at radius 1 is 1.05 bits per heavy atom. The predicted octanol–water partition coefficient (Wildman–Crippen LogP) is 6.05. The minimum absolute atomic E-state index is 0.229. The minimum atomic E-state index is -0.406. The van der Waals surface area contributed by atoms with Gasteiger partial charge in [0, 0.05) is 34.7 Å². The molecule has 1 aromatic heterocycles. The molecule has 0 spiro atoms. The van der Waals surface area contributed by atoms with Crippen molar-refractivity contribution in [2.24, 2.45) is 15.7 Å². The zero-order valence-corrected chi connectivity index (χ0v) is 21.0. The van der Waals surface area contributed by atoms with Crippen molar-refractivity contribution in [2.45, 2.75) is 32.5 Å². The Labute approximate surface area is 215 Å². The van der Waals surface area contributed by atoms with Gasteiger partial charge in [0.1, 0.15) is 24.3 Å². The maximum atomic E-state index is 6.72. The van der Waals surface area contributed by atoms with E-state index in [1.54, 1.807) is 12.5 Å². The van der Waals surface area contributed by atoms with Crippen LogP contribution in [-0.4, -0.2) is 29.5 Å². The Balaban J connectivity index is 1.22. The van der Waals surface area contributed by atoms with Gasteiger partial charge in [-0.15, -0.1) is 0 Å². The van der Waals surface area contributed by atoms with Crippen LogP contribution in [0.25, 0.3) is 10.8 Å². The summed E-state index contributed by atoms with van der Waals surface area (Å²) >= 11 is 0. The normalized spacial score (nSPS) is 17.8. The molecule has 0 aliphatic carbocycles. The van der Waals surface area contributed by atoms with Gasteiger partial charge in [-0.05, 0) is 86.3 Å². The van der Waals surface area contributed by atoms with Gasteiger partial charge in [-0.2, -0.15) is 0 Å². The first-order valence-electron chi connectivity index (χ1n) is 12.2. The Hall–Kier alpha value is -4.43. The predicted molar refractivity (Wildman–Crippen MR) is 148 cm³/mol. The zero-order chi connectivity index (χ0) is 25.6. The summed E-state index contributed by atoms with van der Waals surface area (Å²) in [6, 6.07) is 20.4. The third-order valence-electron chi connectivity index (χ3n) is 6.48. The number of pyridine rings is 1. The second-order valence-corrected chi connectivity index (χ2v) is 9.95. The fourth-order valence-electron chi connectivity index (χ4n) is 4.49. The van der Waals surface area contributed by atoms with Gasteiger partial charge < -0.3 is 25.4 Å². The number of aromatic nitrogens is 1. The average molecular weight is 493 g/mol. The summed E-state index contributed by atoms with van der Waals surface area (Å²) in [4.78, 5) is 15.4. The highest BCUT2D eigenvalue weighted by Crippen LogP contribution is 2.37. The number of ether oxygens (including phenoxy) is 2. The van der Waals surface area contributed by atoms with Gasteiger partial charge in [0.15, 0.2) is 0 Å². The topological polar surface area (TPSA) is 97.4 Å². The molecule has 4 aromatic rings. The van der Waals surface area contributed by atoms with Crippen LogP contribution in [0.3, 0.4) is 0 Å². The summed E-state index contributed by atoms with van der Waals surface area (Å²) in [6.45, 7) is 6.64. The van der Waals surface area contributed by atoms with E-state index in [1.807, 2.05) is 86.5 Å². The number of aryl methyl sites for hydroxylation is 1. The lowest BCUT2D eigenvalue weighted by Gasteiger charge is -2.31. The summed E-state index contributed by atoms with van der Waals surface area (Å²) in [7, 11) is 0. The number of fused-ring (bicyclic) bond motifs is 2. The number of hydrogen-bond donors (Lipinski definition) is 2. The number of rotatable bonds is 4. The van der Waals surface area contributed by atoms with E-state index >= 15 is 0 Å². The van der Waals surface area contributed by atoms with Gasteiger partial charge in [0.25, 0.3) is 6.02 Å². The van der Waals surface area contributed by atoms with E-state index in [0.29, 0.717) is 12.6 Å². The van der Waals surface area contributed by atoms with Crippen molar-refractivity contribution in [3.8, 4) is 11.5 Å². The fraction of sp³-hybridized carbons (Fsp3) is 0.207. The third-order valence-corrected chi connectivity index (χ3v) is 6.48. The highest BCUT2D eigenvalue weighted by Gasteiger charge is 2.27. The molecule has 3 N–H and O–H groups in total. The highest BCUT2D eigenvalue weighted by molar-refractivity contribution is 5.92. The summed E-state index contributed by atoms with van der Waals surface area (Å²) in [5.74, 6) is 1.54. The number of anilines is 2. The van der Waals surface area contributed by atoms with Gasteiger partial charge in [-0.25, -0.2) is 9.98 Å². The van der Waals surface area contributed by atoms with Gasteiger partial charge in [0.2, 0.25) is 0 Å². The van der Waals surface area contributed by atoms with Crippen molar-refractivity contribution < 1.29 is 9.47 Å². The fourth-order valence-corrected chi connectivity index (χ4v) is 4.49. The highest BCUT2D eigenvalue weighted by atomic mass is 16.5. The first-order chi connectivity index (χ1) is 17.8. The van der Waals surface area contributed by atoms with Crippen molar-refractivity contribution >= 4 is 40.2 Å². The van der Waals surface area contributed by atoms with Crippen LogP contribution in [0.1, 0.15) is 31.1 Å². The minimum Gasteiger partial charge on any atom is -0.462 e. The van der Waals surface area contributed by atoms with Crippen molar-refractivity contribution in [3.63, 3.8) is 0 Å². The lowest BCUT2D eigenvalue weighted by atomic mass is 10.1. The Kier molecular flexibility index (Phi) is 5.53. The zero-order valence-electron chi connectivity index (χ0n) is 21.0. The second kappa shape index (κ2) is 8.90. The second-order valence-electron chi connectivity index (χ2n) is 9.95. The maximum absolute atomic E-state index is 6.72.